The van der Waals surface area contributed by atoms with Crippen molar-refractivity contribution in [2.45, 2.75) is 29.6 Å². The number of rotatable bonds is 6. The summed E-state index contributed by atoms with van der Waals surface area (Å²) in [5, 5.41) is 3.04. The minimum absolute atomic E-state index is 0.0230. The number of carbonyl (C=O) groups excluding carboxylic acids is 1. The molecule has 1 aliphatic carbocycles. The molecule has 8 heteroatoms. The lowest BCUT2D eigenvalue weighted by Crippen LogP contribution is -2.45. The third kappa shape index (κ3) is 3.84. The van der Waals surface area contributed by atoms with Gasteiger partial charge in [-0.15, -0.1) is 0 Å². The summed E-state index contributed by atoms with van der Waals surface area (Å²) in [6.07, 6.45) is 4.75. The monoisotopic (exact) mass is 417 g/mol. The number of hydrogen-bond donors (Lipinski definition) is 1. The Labute approximate surface area is 171 Å². The van der Waals surface area contributed by atoms with Crippen LogP contribution >= 0.6 is 0 Å². The maximum atomic E-state index is 12.9. The van der Waals surface area contributed by atoms with Crippen LogP contribution < -0.4 is 5.32 Å². The first-order valence-electron chi connectivity index (χ1n) is 10.0. The van der Waals surface area contributed by atoms with Gasteiger partial charge in [-0.2, -0.15) is 4.31 Å². The minimum atomic E-state index is -3.62. The van der Waals surface area contributed by atoms with Crippen molar-refractivity contribution in [1.82, 2.24) is 14.2 Å². The highest BCUT2D eigenvalue weighted by molar-refractivity contribution is 7.89. The highest BCUT2D eigenvalue weighted by Crippen LogP contribution is 2.43. The van der Waals surface area contributed by atoms with Crippen molar-refractivity contribution < 1.29 is 17.9 Å². The van der Waals surface area contributed by atoms with Crippen LogP contribution in [0.4, 0.5) is 0 Å². The van der Waals surface area contributed by atoms with Crippen LogP contribution in [0.1, 0.15) is 35.3 Å². The zero-order chi connectivity index (χ0) is 20.5. The van der Waals surface area contributed by atoms with Crippen LogP contribution in [0.25, 0.3) is 0 Å². The van der Waals surface area contributed by atoms with Crippen molar-refractivity contribution >= 4 is 15.9 Å². The van der Waals surface area contributed by atoms with E-state index in [-0.39, 0.29) is 16.2 Å². The lowest BCUT2D eigenvalue weighted by Gasteiger charge is -2.42. The maximum absolute atomic E-state index is 12.9. The van der Waals surface area contributed by atoms with Gasteiger partial charge in [0.25, 0.3) is 5.91 Å². The number of aryl methyl sites for hydroxylation is 1. The summed E-state index contributed by atoms with van der Waals surface area (Å²) in [4.78, 5) is 13.0. The molecule has 0 unspecified atom stereocenters. The minimum Gasteiger partial charge on any atom is -0.379 e. The van der Waals surface area contributed by atoms with E-state index in [0.29, 0.717) is 38.5 Å². The Balaban J connectivity index is 1.48. The van der Waals surface area contributed by atoms with Crippen LogP contribution in [0.15, 0.2) is 47.5 Å². The van der Waals surface area contributed by atoms with Crippen molar-refractivity contribution in [2.24, 2.45) is 7.05 Å². The highest BCUT2D eigenvalue weighted by atomic mass is 32.2. The van der Waals surface area contributed by atoms with Gasteiger partial charge < -0.3 is 14.6 Å². The van der Waals surface area contributed by atoms with Gasteiger partial charge in [-0.1, -0.05) is 36.8 Å². The van der Waals surface area contributed by atoms with Gasteiger partial charge in [0.2, 0.25) is 10.0 Å². The Morgan fingerprint density at radius 3 is 2.48 bits per heavy atom. The van der Waals surface area contributed by atoms with Gasteiger partial charge in [0, 0.05) is 38.3 Å². The van der Waals surface area contributed by atoms with Crippen LogP contribution in [-0.4, -0.2) is 56.0 Å². The van der Waals surface area contributed by atoms with Crippen molar-refractivity contribution in [1.29, 1.82) is 0 Å². The molecule has 0 radical (unpaired) electrons. The number of morpholine rings is 1. The fourth-order valence-corrected chi connectivity index (χ4v) is 5.62. The van der Waals surface area contributed by atoms with E-state index in [1.165, 1.54) is 22.1 Å². The number of carbonyl (C=O) groups is 1. The zero-order valence-corrected chi connectivity index (χ0v) is 17.5. The Kier molecular flexibility index (Phi) is 5.50. The second kappa shape index (κ2) is 7.93. The number of amides is 1. The summed E-state index contributed by atoms with van der Waals surface area (Å²) in [7, 11) is -1.93. The van der Waals surface area contributed by atoms with E-state index in [1.54, 1.807) is 11.6 Å². The average molecular weight is 418 g/mol. The van der Waals surface area contributed by atoms with Crippen LogP contribution in [0.3, 0.4) is 0 Å². The predicted octanol–water partition coefficient (Wildman–Crippen LogP) is 1.90. The predicted molar refractivity (Wildman–Crippen MR) is 109 cm³/mol. The van der Waals surface area contributed by atoms with E-state index in [1.807, 2.05) is 18.2 Å². The van der Waals surface area contributed by atoms with E-state index in [0.717, 1.165) is 19.3 Å². The van der Waals surface area contributed by atoms with E-state index in [9.17, 15) is 13.2 Å². The molecular weight excluding hydrogens is 390 g/mol. The topological polar surface area (TPSA) is 80.6 Å². The van der Waals surface area contributed by atoms with Gasteiger partial charge in [-0.3, -0.25) is 4.79 Å². The van der Waals surface area contributed by atoms with Crippen LogP contribution in [-0.2, 0) is 27.2 Å². The fraction of sp³-hybridized carbons (Fsp3) is 0.476. The molecule has 29 heavy (non-hydrogen) atoms. The Morgan fingerprint density at radius 2 is 1.86 bits per heavy atom. The molecule has 1 amide bonds. The Morgan fingerprint density at radius 1 is 1.17 bits per heavy atom. The van der Waals surface area contributed by atoms with Crippen molar-refractivity contribution in [2.75, 3.05) is 32.8 Å². The van der Waals surface area contributed by atoms with Gasteiger partial charge in [0.15, 0.2) is 0 Å². The van der Waals surface area contributed by atoms with E-state index < -0.39 is 10.0 Å². The number of benzene rings is 1. The molecule has 2 aliphatic rings. The zero-order valence-electron chi connectivity index (χ0n) is 16.6. The number of aromatic nitrogens is 1. The molecule has 0 atom stereocenters. The molecule has 7 nitrogen and oxygen atoms in total. The van der Waals surface area contributed by atoms with Crippen LogP contribution in [0.5, 0.6) is 0 Å². The number of sulfonamides is 1. The number of nitrogens with zero attached hydrogens (tertiary/aromatic N) is 2. The summed E-state index contributed by atoms with van der Waals surface area (Å²) in [6, 6.07) is 11.7. The summed E-state index contributed by atoms with van der Waals surface area (Å²) in [6.45, 7) is 1.99. The van der Waals surface area contributed by atoms with Gasteiger partial charge >= 0.3 is 0 Å². The Hall–Kier alpha value is -2.16. The number of hydrogen-bond acceptors (Lipinski definition) is 4. The van der Waals surface area contributed by atoms with Gasteiger partial charge in [-0.05, 0) is 24.5 Å². The first kappa shape index (κ1) is 20.1. The Bertz CT molecular complexity index is 975. The first-order valence-corrected chi connectivity index (χ1v) is 11.4. The molecule has 1 aromatic heterocycles. The molecular formula is C21H27N3O4S. The number of nitrogens with one attached hydrogen (secondary N) is 1. The van der Waals surface area contributed by atoms with Crippen molar-refractivity contribution in [3.05, 3.63) is 53.9 Å². The van der Waals surface area contributed by atoms with E-state index in [2.05, 4.69) is 17.4 Å². The molecule has 1 aliphatic heterocycles. The average Bonchev–Trinajstić information content (AvgIpc) is 3.11. The summed E-state index contributed by atoms with van der Waals surface area (Å²) in [5.41, 5.74) is 1.57. The molecule has 1 aromatic carbocycles. The third-order valence-corrected chi connectivity index (χ3v) is 7.97. The first-order chi connectivity index (χ1) is 13.9. The maximum Gasteiger partial charge on any atom is 0.267 e. The number of ether oxygens (including phenoxy) is 1. The quantitative estimate of drug-likeness (QED) is 0.778. The standard InChI is InChI=1S/C21H27N3O4S/c1-23-15-18(29(26,27)24-10-12-28-13-11-24)14-19(23)20(25)22-16-21(8-5-9-21)17-6-3-2-4-7-17/h2-4,6-7,14-15H,5,8-13,16H2,1H3,(H,22,25). The molecule has 2 fully saturated rings. The van der Waals surface area contributed by atoms with E-state index >= 15 is 0 Å². The van der Waals surface area contributed by atoms with Gasteiger partial charge in [0.1, 0.15) is 10.6 Å². The van der Waals surface area contributed by atoms with Crippen LogP contribution in [0, 0.1) is 0 Å². The summed E-state index contributed by atoms with van der Waals surface area (Å²) in [5.74, 6) is -0.252. The molecule has 2 heterocycles. The molecule has 2 aromatic rings. The smallest absolute Gasteiger partial charge is 0.267 e. The normalized spacial score (nSPS) is 19.5. The molecule has 1 saturated heterocycles. The third-order valence-electron chi connectivity index (χ3n) is 6.10. The fourth-order valence-electron chi connectivity index (χ4n) is 4.14. The summed E-state index contributed by atoms with van der Waals surface area (Å²) < 4.78 is 33.9. The summed E-state index contributed by atoms with van der Waals surface area (Å²) >= 11 is 0. The highest BCUT2D eigenvalue weighted by Gasteiger charge is 2.39. The van der Waals surface area contributed by atoms with Crippen LogP contribution in [0.2, 0.25) is 0 Å². The lowest BCUT2D eigenvalue weighted by molar-refractivity contribution is 0.0730. The molecule has 0 bridgehead atoms. The van der Waals surface area contributed by atoms with Gasteiger partial charge in [0.05, 0.1) is 13.2 Å². The molecule has 1 saturated carbocycles. The largest absolute Gasteiger partial charge is 0.379 e. The van der Waals surface area contributed by atoms with E-state index in [4.69, 9.17) is 4.74 Å². The molecule has 0 spiro atoms. The molecule has 1 N–H and O–H groups in total. The molecule has 4 rings (SSSR count). The SMILES string of the molecule is Cn1cc(S(=O)(=O)N2CCOCC2)cc1C(=O)NCC1(c2ccccc2)CCC1. The van der Waals surface area contributed by atoms with Crippen molar-refractivity contribution in [3.63, 3.8) is 0 Å². The second-order valence-electron chi connectivity index (χ2n) is 7.87. The lowest BCUT2D eigenvalue weighted by atomic mass is 9.64. The van der Waals surface area contributed by atoms with Crippen molar-refractivity contribution in [3.8, 4) is 0 Å². The second-order valence-corrected chi connectivity index (χ2v) is 9.81. The molecule has 156 valence electrons. The van der Waals surface area contributed by atoms with Gasteiger partial charge in [-0.25, -0.2) is 8.42 Å².